The van der Waals surface area contributed by atoms with Gasteiger partial charge in [0.1, 0.15) is 5.75 Å². The number of rotatable bonds is 5. The van der Waals surface area contributed by atoms with Gasteiger partial charge in [-0.25, -0.2) is 0 Å². The van der Waals surface area contributed by atoms with E-state index in [1.165, 1.54) is 0 Å². The summed E-state index contributed by atoms with van der Waals surface area (Å²) in [6, 6.07) is 12.9. The standard InChI is InChI=1S/C18H18N4O2/c1-22-14(10-16(21-22)13-6-5-9-19-11-13)12-20-18(23)15-7-3-4-8-17(15)24-2/h3-11H,12H2,1-2H3,(H,20,23). The summed E-state index contributed by atoms with van der Waals surface area (Å²) in [5.74, 6) is 0.368. The fraction of sp³-hybridized carbons (Fsp3) is 0.167. The molecule has 6 nitrogen and oxygen atoms in total. The number of aromatic nitrogens is 3. The number of para-hydroxylation sites is 1. The summed E-state index contributed by atoms with van der Waals surface area (Å²) in [6.07, 6.45) is 3.49. The molecule has 1 N–H and O–H groups in total. The van der Waals surface area contributed by atoms with Crippen LogP contribution >= 0.6 is 0 Å². The van der Waals surface area contributed by atoms with Crippen LogP contribution < -0.4 is 10.1 Å². The second kappa shape index (κ2) is 6.95. The Bertz CT molecular complexity index is 843. The SMILES string of the molecule is COc1ccccc1C(=O)NCc1cc(-c2cccnc2)nn1C. The van der Waals surface area contributed by atoms with Gasteiger partial charge in [0.15, 0.2) is 0 Å². The van der Waals surface area contributed by atoms with Crippen molar-refractivity contribution in [2.24, 2.45) is 7.05 Å². The molecule has 1 aromatic carbocycles. The second-order valence-electron chi connectivity index (χ2n) is 5.27. The monoisotopic (exact) mass is 322 g/mol. The number of carbonyl (C=O) groups excluding carboxylic acids is 1. The lowest BCUT2D eigenvalue weighted by Crippen LogP contribution is -2.24. The van der Waals surface area contributed by atoms with Crippen molar-refractivity contribution in [1.29, 1.82) is 0 Å². The van der Waals surface area contributed by atoms with Gasteiger partial charge < -0.3 is 10.1 Å². The molecule has 3 aromatic rings. The molecule has 0 aliphatic rings. The Balaban J connectivity index is 1.73. The van der Waals surface area contributed by atoms with E-state index in [0.717, 1.165) is 17.0 Å². The van der Waals surface area contributed by atoms with E-state index >= 15 is 0 Å². The molecule has 2 heterocycles. The van der Waals surface area contributed by atoms with Crippen molar-refractivity contribution in [3.8, 4) is 17.0 Å². The van der Waals surface area contributed by atoms with Gasteiger partial charge in [-0.1, -0.05) is 12.1 Å². The minimum atomic E-state index is -0.184. The Morgan fingerprint density at radius 2 is 2.08 bits per heavy atom. The van der Waals surface area contributed by atoms with Crippen molar-refractivity contribution in [3.63, 3.8) is 0 Å². The number of nitrogens with one attached hydrogen (secondary N) is 1. The lowest BCUT2D eigenvalue weighted by Gasteiger charge is -2.09. The Morgan fingerprint density at radius 1 is 1.25 bits per heavy atom. The number of ether oxygens (including phenoxy) is 1. The maximum atomic E-state index is 12.4. The molecule has 0 bridgehead atoms. The first-order valence-electron chi connectivity index (χ1n) is 7.53. The smallest absolute Gasteiger partial charge is 0.255 e. The molecule has 0 radical (unpaired) electrons. The summed E-state index contributed by atoms with van der Waals surface area (Å²) in [4.78, 5) is 16.5. The number of methoxy groups -OCH3 is 1. The van der Waals surface area contributed by atoms with Crippen LogP contribution in [0.3, 0.4) is 0 Å². The highest BCUT2D eigenvalue weighted by Gasteiger charge is 2.13. The van der Waals surface area contributed by atoms with Crippen LogP contribution in [0.5, 0.6) is 5.75 Å². The van der Waals surface area contributed by atoms with Gasteiger partial charge in [0.25, 0.3) is 5.91 Å². The van der Waals surface area contributed by atoms with Gasteiger partial charge in [-0.15, -0.1) is 0 Å². The highest BCUT2D eigenvalue weighted by Crippen LogP contribution is 2.19. The van der Waals surface area contributed by atoms with Crippen LogP contribution in [-0.4, -0.2) is 27.8 Å². The van der Waals surface area contributed by atoms with Gasteiger partial charge in [0.05, 0.1) is 30.6 Å². The summed E-state index contributed by atoms with van der Waals surface area (Å²) < 4.78 is 6.97. The molecule has 0 fully saturated rings. The van der Waals surface area contributed by atoms with E-state index in [9.17, 15) is 4.79 Å². The lowest BCUT2D eigenvalue weighted by atomic mass is 10.2. The molecule has 122 valence electrons. The predicted octanol–water partition coefficient (Wildman–Crippen LogP) is 2.42. The maximum absolute atomic E-state index is 12.4. The predicted molar refractivity (Wildman–Crippen MR) is 90.6 cm³/mol. The zero-order valence-electron chi connectivity index (χ0n) is 13.6. The second-order valence-corrected chi connectivity index (χ2v) is 5.27. The molecule has 0 unspecified atom stereocenters. The average Bonchev–Trinajstić information content (AvgIpc) is 3.01. The number of benzene rings is 1. The number of hydrogen-bond donors (Lipinski definition) is 1. The van der Waals surface area contributed by atoms with Gasteiger partial charge in [0, 0.05) is 25.0 Å². The van der Waals surface area contributed by atoms with E-state index in [4.69, 9.17) is 4.74 Å². The Kier molecular flexibility index (Phi) is 4.56. The number of aryl methyl sites for hydroxylation is 1. The van der Waals surface area contributed by atoms with Gasteiger partial charge in [-0.3, -0.25) is 14.5 Å². The molecule has 0 spiro atoms. The Morgan fingerprint density at radius 3 is 2.83 bits per heavy atom. The topological polar surface area (TPSA) is 69.0 Å². The Labute approximate surface area is 140 Å². The first-order chi connectivity index (χ1) is 11.7. The normalized spacial score (nSPS) is 10.4. The largest absolute Gasteiger partial charge is 0.496 e. The van der Waals surface area contributed by atoms with Crippen molar-refractivity contribution in [2.75, 3.05) is 7.11 Å². The molecule has 0 saturated carbocycles. The maximum Gasteiger partial charge on any atom is 0.255 e. The van der Waals surface area contributed by atoms with Crippen LogP contribution in [0.15, 0.2) is 54.9 Å². The summed E-state index contributed by atoms with van der Waals surface area (Å²) in [7, 11) is 3.40. The molecule has 24 heavy (non-hydrogen) atoms. The zero-order chi connectivity index (χ0) is 16.9. The van der Waals surface area contributed by atoms with Gasteiger partial charge >= 0.3 is 0 Å². The molecule has 0 aliphatic heterocycles. The highest BCUT2D eigenvalue weighted by atomic mass is 16.5. The van der Waals surface area contributed by atoms with E-state index in [-0.39, 0.29) is 5.91 Å². The summed E-state index contributed by atoms with van der Waals surface area (Å²) in [6.45, 7) is 0.376. The third-order valence-corrected chi connectivity index (χ3v) is 3.72. The Hall–Kier alpha value is -3.15. The fourth-order valence-corrected chi connectivity index (χ4v) is 2.43. The highest BCUT2D eigenvalue weighted by molar-refractivity contribution is 5.96. The molecule has 6 heteroatoms. The molecule has 3 rings (SSSR count). The van der Waals surface area contributed by atoms with Gasteiger partial charge in [0.2, 0.25) is 0 Å². The molecule has 0 atom stereocenters. The van der Waals surface area contributed by atoms with E-state index in [0.29, 0.717) is 17.9 Å². The third-order valence-electron chi connectivity index (χ3n) is 3.72. The fourth-order valence-electron chi connectivity index (χ4n) is 2.43. The number of pyridine rings is 1. The van der Waals surface area contributed by atoms with Crippen LogP contribution in [0, 0.1) is 0 Å². The van der Waals surface area contributed by atoms with Crippen molar-refractivity contribution in [3.05, 3.63) is 66.1 Å². The summed E-state index contributed by atoms with van der Waals surface area (Å²) >= 11 is 0. The van der Waals surface area contributed by atoms with E-state index in [2.05, 4.69) is 15.4 Å². The molecule has 0 saturated heterocycles. The van der Waals surface area contributed by atoms with Crippen LogP contribution in [-0.2, 0) is 13.6 Å². The van der Waals surface area contributed by atoms with Gasteiger partial charge in [-0.2, -0.15) is 5.10 Å². The zero-order valence-corrected chi connectivity index (χ0v) is 13.6. The van der Waals surface area contributed by atoms with E-state index < -0.39 is 0 Å². The van der Waals surface area contributed by atoms with E-state index in [1.54, 1.807) is 36.3 Å². The molecular weight excluding hydrogens is 304 g/mol. The molecule has 2 aromatic heterocycles. The quantitative estimate of drug-likeness (QED) is 0.783. The average molecular weight is 322 g/mol. The van der Waals surface area contributed by atoms with Crippen LogP contribution in [0.25, 0.3) is 11.3 Å². The van der Waals surface area contributed by atoms with Crippen molar-refractivity contribution < 1.29 is 9.53 Å². The third kappa shape index (κ3) is 3.27. The summed E-state index contributed by atoms with van der Waals surface area (Å²) in [5, 5.41) is 7.37. The molecule has 1 amide bonds. The number of amides is 1. The van der Waals surface area contributed by atoms with Gasteiger partial charge in [-0.05, 0) is 30.3 Å². The van der Waals surface area contributed by atoms with Crippen molar-refractivity contribution in [2.45, 2.75) is 6.54 Å². The molecular formula is C18H18N4O2. The summed E-state index contributed by atoms with van der Waals surface area (Å²) in [5.41, 5.74) is 3.18. The minimum absolute atomic E-state index is 0.184. The first-order valence-corrected chi connectivity index (χ1v) is 7.53. The van der Waals surface area contributed by atoms with Crippen molar-refractivity contribution >= 4 is 5.91 Å². The van der Waals surface area contributed by atoms with Crippen LogP contribution in [0.1, 0.15) is 16.1 Å². The van der Waals surface area contributed by atoms with Crippen LogP contribution in [0.4, 0.5) is 0 Å². The number of carbonyl (C=O) groups is 1. The number of hydrogen-bond acceptors (Lipinski definition) is 4. The minimum Gasteiger partial charge on any atom is -0.496 e. The first kappa shape index (κ1) is 15.7. The lowest BCUT2D eigenvalue weighted by molar-refractivity contribution is 0.0947. The number of nitrogens with zero attached hydrogens (tertiary/aromatic N) is 3. The van der Waals surface area contributed by atoms with Crippen molar-refractivity contribution in [1.82, 2.24) is 20.1 Å². The van der Waals surface area contributed by atoms with Crippen LogP contribution in [0.2, 0.25) is 0 Å². The molecule has 0 aliphatic carbocycles. The van der Waals surface area contributed by atoms with E-state index in [1.807, 2.05) is 37.4 Å².